The number of rotatable bonds is 7. The van der Waals surface area contributed by atoms with Gasteiger partial charge in [-0.25, -0.2) is 8.42 Å². The van der Waals surface area contributed by atoms with Crippen molar-refractivity contribution in [1.29, 1.82) is 0 Å². The van der Waals surface area contributed by atoms with Gasteiger partial charge in [0.2, 0.25) is 5.91 Å². The van der Waals surface area contributed by atoms with E-state index in [0.29, 0.717) is 41.7 Å². The van der Waals surface area contributed by atoms with Crippen LogP contribution in [-0.2, 0) is 21.2 Å². The highest BCUT2D eigenvalue weighted by atomic mass is 35.5. The minimum Gasteiger partial charge on any atom is -0.361 e. The van der Waals surface area contributed by atoms with Crippen molar-refractivity contribution in [1.82, 2.24) is 14.6 Å². The van der Waals surface area contributed by atoms with Gasteiger partial charge in [-0.3, -0.25) is 4.79 Å². The lowest BCUT2D eigenvalue weighted by Crippen LogP contribution is -2.42. The molecule has 1 fully saturated rings. The molecule has 1 aromatic carbocycles. The number of aromatic nitrogens is 1. The van der Waals surface area contributed by atoms with E-state index < -0.39 is 10.0 Å². The van der Waals surface area contributed by atoms with Crippen LogP contribution in [0, 0.1) is 11.8 Å². The summed E-state index contributed by atoms with van der Waals surface area (Å²) >= 11 is 7.34. The van der Waals surface area contributed by atoms with Gasteiger partial charge in [-0.15, -0.1) is 11.3 Å². The third-order valence-electron chi connectivity index (χ3n) is 6.13. The standard InChI is InChI=1S/C22H26ClN3O3S2/c1-15(16-7-10-26(11-8-16)31(28,29)21-3-2-12-30-21)22(27)24-9-6-17-14-25-20-5-4-18(23)13-19(17)20/h2-5,12-16,25H,6-11H2,1H3,(H,24,27). The number of benzene rings is 1. The Balaban J connectivity index is 1.27. The van der Waals surface area contributed by atoms with Crippen LogP contribution in [0.15, 0.2) is 46.1 Å². The fourth-order valence-corrected chi connectivity index (χ4v) is 6.99. The van der Waals surface area contributed by atoms with Crippen molar-refractivity contribution in [3.05, 3.63) is 52.5 Å². The van der Waals surface area contributed by atoms with Crippen molar-refractivity contribution in [2.24, 2.45) is 11.8 Å². The average molecular weight is 480 g/mol. The monoisotopic (exact) mass is 479 g/mol. The predicted molar refractivity (Wildman–Crippen MR) is 125 cm³/mol. The molecule has 0 spiro atoms. The molecule has 1 amide bonds. The SMILES string of the molecule is CC(C(=O)NCCc1c[nH]c2ccc(Cl)cc12)C1CCN(S(=O)(=O)c2cccs2)CC1. The molecule has 1 aliphatic rings. The summed E-state index contributed by atoms with van der Waals surface area (Å²) in [6, 6.07) is 9.13. The van der Waals surface area contributed by atoms with Gasteiger partial charge in [0, 0.05) is 47.7 Å². The minimum absolute atomic E-state index is 0.0254. The van der Waals surface area contributed by atoms with Crippen LogP contribution >= 0.6 is 22.9 Å². The first-order valence-electron chi connectivity index (χ1n) is 10.4. The lowest BCUT2D eigenvalue weighted by molar-refractivity contribution is -0.126. The molecular weight excluding hydrogens is 454 g/mol. The van der Waals surface area contributed by atoms with Crippen LogP contribution in [0.2, 0.25) is 5.02 Å². The summed E-state index contributed by atoms with van der Waals surface area (Å²) in [6.07, 6.45) is 4.07. The summed E-state index contributed by atoms with van der Waals surface area (Å²) in [5.74, 6) is 0.0584. The molecular formula is C22H26ClN3O3S2. The van der Waals surface area contributed by atoms with E-state index in [4.69, 9.17) is 11.6 Å². The number of halogens is 1. The van der Waals surface area contributed by atoms with Gasteiger partial charge in [-0.05, 0) is 60.4 Å². The zero-order valence-corrected chi connectivity index (χ0v) is 19.7. The summed E-state index contributed by atoms with van der Waals surface area (Å²) in [7, 11) is -3.41. The fraction of sp³-hybridized carbons (Fsp3) is 0.409. The lowest BCUT2D eigenvalue weighted by Gasteiger charge is -2.33. The maximum Gasteiger partial charge on any atom is 0.252 e. The van der Waals surface area contributed by atoms with Gasteiger partial charge < -0.3 is 10.3 Å². The van der Waals surface area contributed by atoms with Crippen LogP contribution in [0.5, 0.6) is 0 Å². The molecule has 1 unspecified atom stereocenters. The zero-order chi connectivity index (χ0) is 22.0. The van der Waals surface area contributed by atoms with Crippen LogP contribution in [0.3, 0.4) is 0 Å². The van der Waals surface area contributed by atoms with E-state index in [2.05, 4.69) is 10.3 Å². The second kappa shape index (κ2) is 9.32. The van der Waals surface area contributed by atoms with Crippen LogP contribution in [0.25, 0.3) is 10.9 Å². The van der Waals surface area contributed by atoms with Crippen LogP contribution in [0.1, 0.15) is 25.3 Å². The number of H-pyrrole nitrogens is 1. The summed E-state index contributed by atoms with van der Waals surface area (Å²) in [4.78, 5) is 15.9. The van der Waals surface area contributed by atoms with E-state index >= 15 is 0 Å². The Morgan fingerprint density at radius 3 is 2.81 bits per heavy atom. The molecule has 0 aliphatic carbocycles. The van der Waals surface area contributed by atoms with Gasteiger partial charge in [0.25, 0.3) is 10.0 Å². The number of nitrogens with one attached hydrogen (secondary N) is 2. The van der Waals surface area contributed by atoms with Crippen molar-refractivity contribution in [3.8, 4) is 0 Å². The number of aromatic amines is 1. The molecule has 31 heavy (non-hydrogen) atoms. The van der Waals surface area contributed by atoms with Crippen LogP contribution in [-0.4, -0.2) is 43.2 Å². The molecule has 0 radical (unpaired) electrons. The Morgan fingerprint density at radius 2 is 2.10 bits per heavy atom. The molecule has 0 bridgehead atoms. The lowest BCUT2D eigenvalue weighted by atomic mass is 9.85. The number of amides is 1. The van der Waals surface area contributed by atoms with Gasteiger partial charge in [0.1, 0.15) is 4.21 Å². The highest BCUT2D eigenvalue weighted by Crippen LogP contribution is 2.30. The van der Waals surface area contributed by atoms with E-state index in [-0.39, 0.29) is 17.7 Å². The number of hydrogen-bond donors (Lipinski definition) is 2. The Kier molecular flexibility index (Phi) is 6.71. The minimum atomic E-state index is -3.41. The summed E-state index contributed by atoms with van der Waals surface area (Å²) in [5.41, 5.74) is 2.15. The second-order valence-corrected chi connectivity index (χ2v) is 11.6. The van der Waals surface area contributed by atoms with E-state index in [1.165, 1.54) is 11.3 Å². The van der Waals surface area contributed by atoms with Gasteiger partial charge in [0.15, 0.2) is 0 Å². The number of thiophene rings is 1. The topological polar surface area (TPSA) is 82.3 Å². The highest BCUT2D eigenvalue weighted by Gasteiger charge is 2.33. The van der Waals surface area contributed by atoms with E-state index in [9.17, 15) is 13.2 Å². The van der Waals surface area contributed by atoms with E-state index in [1.54, 1.807) is 21.8 Å². The normalized spacial score (nSPS) is 17.1. The first kappa shape index (κ1) is 22.3. The maximum absolute atomic E-state index is 12.7. The van der Waals surface area contributed by atoms with Gasteiger partial charge >= 0.3 is 0 Å². The van der Waals surface area contributed by atoms with E-state index in [1.807, 2.05) is 31.3 Å². The summed E-state index contributed by atoms with van der Waals surface area (Å²) < 4.78 is 27.3. The highest BCUT2D eigenvalue weighted by molar-refractivity contribution is 7.91. The maximum atomic E-state index is 12.7. The van der Waals surface area contributed by atoms with E-state index in [0.717, 1.165) is 22.9 Å². The molecule has 6 nitrogen and oxygen atoms in total. The molecule has 2 N–H and O–H groups in total. The largest absolute Gasteiger partial charge is 0.361 e. The third-order valence-corrected chi connectivity index (χ3v) is 9.64. The Hall–Kier alpha value is -1.87. The smallest absolute Gasteiger partial charge is 0.252 e. The molecule has 2 aromatic heterocycles. The average Bonchev–Trinajstić information content (AvgIpc) is 3.44. The number of piperidine rings is 1. The van der Waals surface area contributed by atoms with Crippen molar-refractivity contribution in [2.75, 3.05) is 19.6 Å². The molecule has 166 valence electrons. The van der Waals surface area contributed by atoms with Crippen molar-refractivity contribution in [2.45, 2.75) is 30.4 Å². The first-order chi connectivity index (χ1) is 14.9. The number of nitrogens with zero attached hydrogens (tertiary/aromatic N) is 1. The molecule has 4 rings (SSSR count). The second-order valence-electron chi connectivity index (χ2n) is 8.01. The van der Waals surface area contributed by atoms with Crippen molar-refractivity contribution >= 4 is 49.8 Å². The molecule has 1 saturated heterocycles. The number of carbonyl (C=O) groups is 1. The Morgan fingerprint density at radius 1 is 1.32 bits per heavy atom. The molecule has 9 heteroatoms. The quantitative estimate of drug-likeness (QED) is 0.530. The number of carbonyl (C=O) groups excluding carboxylic acids is 1. The Bertz CT molecular complexity index is 1150. The number of hydrogen-bond acceptors (Lipinski definition) is 4. The number of fused-ring (bicyclic) bond motifs is 1. The van der Waals surface area contributed by atoms with Gasteiger partial charge in [-0.1, -0.05) is 24.6 Å². The molecule has 0 saturated carbocycles. The number of sulfonamides is 1. The Labute approximate surface area is 191 Å². The molecule has 1 atom stereocenters. The molecule has 3 aromatic rings. The van der Waals surface area contributed by atoms with Crippen molar-refractivity contribution in [3.63, 3.8) is 0 Å². The molecule has 3 heterocycles. The summed E-state index contributed by atoms with van der Waals surface area (Å²) in [5, 5.41) is 6.59. The van der Waals surface area contributed by atoms with Crippen molar-refractivity contribution < 1.29 is 13.2 Å². The van der Waals surface area contributed by atoms with Gasteiger partial charge in [0.05, 0.1) is 0 Å². The van der Waals surface area contributed by atoms with Gasteiger partial charge in [-0.2, -0.15) is 4.31 Å². The molecule has 1 aliphatic heterocycles. The fourth-order valence-electron chi connectivity index (χ4n) is 4.21. The first-order valence-corrected chi connectivity index (χ1v) is 13.1. The summed E-state index contributed by atoms with van der Waals surface area (Å²) in [6.45, 7) is 3.40. The van der Waals surface area contributed by atoms with Crippen LogP contribution < -0.4 is 5.32 Å². The zero-order valence-electron chi connectivity index (χ0n) is 17.3. The van der Waals surface area contributed by atoms with Crippen LogP contribution in [0.4, 0.5) is 0 Å². The third kappa shape index (κ3) is 4.82. The predicted octanol–water partition coefficient (Wildman–Crippen LogP) is 4.28.